The first-order chi connectivity index (χ1) is 8.31. The van der Waals surface area contributed by atoms with Gasteiger partial charge < -0.3 is 14.7 Å². The van der Waals surface area contributed by atoms with E-state index in [-0.39, 0.29) is 18.6 Å². The summed E-state index contributed by atoms with van der Waals surface area (Å²) < 4.78 is 5.23. The van der Waals surface area contributed by atoms with Gasteiger partial charge in [0.1, 0.15) is 0 Å². The van der Waals surface area contributed by atoms with E-state index in [0.717, 1.165) is 4.88 Å². The highest BCUT2D eigenvalue weighted by molar-refractivity contribution is 7.10. The normalized spacial score (nSPS) is 21.0. The Morgan fingerprint density at radius 3 is 3.29 bits per heavy atom. The molecular formula is C12H15NO3S. The highest BCUT2D eigenvalue weighted by Crippen LogP contribution is 2.12. The predicted octanol–water partition coefficient (Wildman–Crippen LogP) is 0.981. The van der Waals surface area contributed by atoms with Crippen molar-refractivity contribution in [3.63, 3.8) is 0 Å². The summed E-state index contributed by atoms with van der Waals surface area (Å²) >= 11 is 1.59. The largest absolute Gasteiger partial charge is 0.394 e. The number of aliphatic hydroxyl groups is 1. The monoisotopic (exact) mass is 253 g/mol. The zero-order chi connectivity index (χ0) is 12.1. The van der Waals surface area contributed by atoms with E-state index in [0.29, 0.717) is 19.8 Å². The molecule has 4 nitrogen and oxygen atoms in total. The van der Waals surface area contributed by atoms with Crippen LogP contribution in [0, 0.1) is 0 Å². The van der Waals surface area contributed by atoms with Gasteiger partial charge in [0.05, 0.1) is 25.9 Å². The fourth-order valence-corrected chi connectivity index (χ4v) is 2.35. The number of amides is 1. The Labute approximate surface area is 104 Å². The minimum Gasteiger partial charge on any atom is -0.394 e. The van der Waals surface area contributed by atoms with Crippen LogP contribution < -0.4 is 0 Å². The number of rotatable bonds is 3. The molecule has 92 valence electrons. The molecule has 0 bridgehead atoms. The van der Waals surface area contributed by atoms with Gasteiger partial charge in [-0.1, -0.05) is 6.07 Å². The molecule has 0 spiro atoms. The summed E-state index contributed by atoms with van der Waals surface area (Å²) in [7, 11) is 0. The lowest BCUT2D eigenvalue weighted by Crippen LogP contribution is -2.49. The number of morpholine rings is 1. The number of nitrogens with zero attached hydrogens (tertiary/aromatic N) is 1. The van der Waals surface area contributed by atoms with E-state index < -0.39 is 0 Å². The van der Waals surface area contributed by atoms with Crippen molar-refractivity contribution < 1.29 is 14.6 Å². The van der Waals surface area contributed by atoms with Crippen LogP contribution in [0.1, 0.15) is 4.88 Å². The number of thiophene rings is 1. The van der Waals surface area contributed by atoms with Gasteiger partial charge in [-0.05, 0) is 17.5 Å². The molecule has 1 aliphatic rings. The first kappa shape index (κ1) is 12.3. The van der Waals surface area contributed by atoms with Crippen LogP contribution in [-0.4, -0.2) is 48.3 Å². The Bertz CT molecular complexity index is 388. The van der Waals surface area contributed by atoms with Crippen molar-refractivity contribution in [3.8, 4) is 0 Å². The average molecular weight is 253 g/mol. The Morgan fingerprint density at radius 2 is 2.59 bits per heavy atom. The Morgan fingerprint density at radius 1 is 1.71 bits per heavy atom. The van der Waals surface area contributed by atoms with Crippen LogP contribution in [0.4, 0.5) is 0 Å². The van der Waals surface area contributed by atoms with Crippen molar-refractivity contribution in [2.75, 3.05) is 26.4 Å². The molecule has 1 fully saturated rings. The fraction of sp³-hybridized carbons (Fsp3) is 0.417. The summed E-state index contributed by atoms with van der Waals surface area (Å²) in [6.45, 7) is 1.43. The van der Waals surface area contributed by atoms with Gasteiger partial charge in [-0.2, -0.15) is 0 Å². The highest BCUT2D eigenvalue weighted by atomic mass is 32.1. The summed E-state index contributed by atoms with van der Waals surface area (Å²) in [5.41, 5.74) is 0. The summed E-state index contributed by atoms with van der Waals surface area (Å²) in [6.07, 6.45) is 3.36. The number of ether oxygens (including phenoxy) is 1. The van der Waals surface area contributed by atoms with E-state index in [1.807, 2.05) is 17.5 Å². The third-order valence-electron chi connectivity index (χ3n) is 2.65. The van der Waals surface area contributed by atoms with E-state index in [1.54, 1.807) is 28.4 Å². The second kappa shape index (κ2) is 5.95. The number of hydrogen-bond donors (Lipinski definition) is 1. The van der Waals surface area contributed by atoms with Gasteiger partial charge in [0.2, 0.25) is 5.91 Å². The zero-order valence-electron chi connectivity index (χ0n) is 9.41. The maximum absolute atomic E-state index is 11.9. The maximum Gasteiger partial charge on any atom is 0.247 e. The van der Waals surface area contributed by atoms with Gasteiger partial charge in [0.25, 0.3) is 0 Å². The molecule has 1 aliphatic heterocycles. The summed E-state index contributed by atoms with van der Waals surface area (Å²) in [5, 5.41) is 11.1. The number of hydrogen-bond acceptors (Lipinski definition) is 4. The van der Waals surface area contributed by atoms with Crippen molar-refractivity contribution in [3.05, 3.63) is 28.5 Å². The van der Waals surface area contributed by atoms with Crippen LogP contribution in [0.2, 0.25) is 0 Å². The molecule has 1 atom stereocenters. The molecule has 5 heteroatoms. The second-order valence-electron chi connectivity index (χ2n) is 3.79. The molecule has 17 heavy (non-hydrogen) atoms. The molecule has 0 aliphatic carbocycles. The highest BCUT2D eigenvalue weighted by Gasteiger charge is 2.24. The first-order valence-electron chi connectivity index (χ1n) is 5.52. The van der Waals surface area contributed by atoms with Crippen molar-refractivity contribution in [2.45, 2.75) is 6.04 Å². The Hall–Kier alpha value is -1.17. The Kier molecular flexibility index (Phi) is 4.30. The van der Waals surface area contributed by atoms with E-state index >= 15 is 0 Å². The summed E-state index contributed by atoms with van der Waals surface area (Å²) in [6, 6.07) is 3.68. The number of carbonyl (C=O) groups excluding carboxylic acids is 1. The fourth-order valence-electron chi connectivity index (χ4n) is 1.73. The molecule has 0 saturated carbocycles. The molecule has 0 radical (unpaired) electrons. The van der Waals surface area contributed by atoms with Crippen LogP contribution in [-0.2, 0) is 9.53 Å². The zero-order valence-corrected chi connectivity index (χ0v) is 10.2. The molecular weight excluding hydrogens is 238 g/mol. The second-order valence-corrected chi connectivity index (χ2v) is 4.77. The Balaban J connectivity index is 1.98. The molecule has 1 saturated heterocycles. The van der Waals surface area contributed by atoms with Gasteiger partial charge in [0, 0.05) is 17.5 Å². The number of carbonyl (C=O) groups is 1. The van der Waals surface area contributed by atoms with E-state index in [2.05, 4.69) is 0 Å². The third-order valence-corrected chi connectivity index (χ3v) is 3.49. The van der Waals surface area contributed by atoms with Gasteiger partial charge in [-0.15, -0.1) is 11.3 Å². The first-order valence-corrected chi connectivity index (χ1v) is 6.40. The van der Waals surface area contributed by atoms with Crippen LogP contribution >= 0.6 is 11.3 Å². The van der Waals surface area contributed by atoms with Crippen molar-refractivity contribution in [2.24, 2.45) is 0 Å². The van der Waals surface area contributed by atoms with Crippen LogP contribution in [0.25, 0.3) is 6.08 Å². The van der Waals surface area contributed by atoms with Crippen LogP contribution in [0.3, 0.4) is 0 Å². The maximum atomic E-state index is 11.9. The quantitative estimate of drug-likeness (QED) is 0.817. The molecule has 1 amide bonds. The minimum absolute atomic E-state index is 0.0570. The standard InChI is InChI=1S/C12H15NO3S/c14-8-10-9-16-6-5-13(10)12(15)4-3-11-2-1-7-17-11/h1-4,7,10,14H,5-6,8-9H2/b4-3+. The van der Waals surface area contributed by atoms with E-state index in [4.69, 9.17) is 9.84 Å². The predicted molar refractivity (Wildman–Crippen MR) is 66.8 cm³/mol. The summed E-state index contributed by atoms with van der Waals surface area (Å²) in [4.78, 5) is 14.6. The number of aliphatic hydroxyl groups excluding tert-OH is 1. The molecule has 1 N–H and O–H groups in total. The average Bonchev–Trinajstić information content (AvgIpc) is 2.89. The molecule has 1 unspecified atom stereocenters. The van der Waals surface area contributed by atoms with E-state index in [1.165, 1.54) is 0 Å². The molecule has 0 aromatic carbocycles. The molecule has 2 rings (SSSR count). The van der Waals surface area contributed by atoms with Gasteiger partial charge in [0.15, 0.2) is 0 Å². The SMILES string of the molecule is O=C(/C=C/c1cccs1)N1CCOCC1CO. The van der Waals surface area contributed by atoms with Gasteiger partial charge >= 0.3 is 0 Å². The van der Waals surface area contributed by atoms with Crippen LogP contribution in [0.15, 0.2) is 23.6 Å². The van der Waals surface area contributed by atoms with Crippen molar-refractivity contribution in [1.29, 1.82) is 0 Å². The minimum atomic E-state index is -0.218. The lowest BCUT2D eigenvalue weighted by Gasteiger charge is -2.33. The lowest BCUT2D eigenvalue weighted by molar-refractivity contribution is -0.136. The lowest BCUT2D eigenvalue weighted by atomic mass is 10.2. The topological polar surface area (TPSA) is 49.8 Å². The third kappa shape index (κ3) is 3.15. The van der Waals surface area contributed by atoms with Crippen molar-refractivity contribution >= 4 is 23.3 Å². The summed E-state index contributed by atoms with van der Waals surface area (Å²) in [5.74, 6) is -0.0687. The molecule has 2 heterocycles. The van der Waals surface area contributed by atoms with Crippen LogP contribution in [0.5, 0.6) is 0 Å². The van der Waals surface area contributed by atoms with Gasteiger partial charge in [-0.3, -0.25) is 4.79 Å². The molecule has 1 aromatic heterocycles. The smallest absolute Gasteiger partial charge is 0.247 e. The van der Waals surface area contributed by atoms with E-state index in [9.17, 15) is 4.79 Å². The van der Waals surface area contributed by atoms with Crippen molar-refractivity contribution in [1.82, 2.24) is 4.90 Å². The van der Waals surface area contributed by atoms with Gasteiger partial charge in [-0.25, -0.2) is 0 Å². The molecule has 1 aromatic rings.